The van der Waals surface area contributed by atoms with Gasteiger partial charge in [-0.15, -0.1) is 11.3 Å². The van der Waals surface area contributed by atoms with Gasteiger partial charge < -0.3 is 0 Å². The van der Waals surface area contributed by atoms with Crippen molar-refractivity contribution >= 4 is 22.9 Å². The molecule has 75 valence electrons. The van der Waals surface area contributed by atoms with Crippen LogP contribution in [0.25, 0.3) is 11.3 Å². The van der Waals surface area contributed by atoms with Gasteiger partial charge in [-0.25, -0.2) is 4.98 Å². The molecule has 1 aromatic heterocycles. The third-order valence-corrected chi connectivity index (χ3v) is 3.64. The summed E-state index contributed by atoms with van der Waals surface area (Å²) in [6.07, 6.45) is 2.46. The highest BCUT2D eigenvalue weighted by molar-refractivity contribution is 7.10. The van der Waals surface area contributed by atoms with Crippen LogP contribution in [0.5, 0.6) is 0 Å². The maximum Gasteiger partial charge on any atom is 0.100 e. The minimum atomic E-state index is 0.769. The second-order valence-corrected chi connectivity index (χ2v) is 4.94. The van der Waals surface area contributed by atoms with Crippen LogP contribution in [0.3, 0.4) is 0 Å². The van der Waals surface area contributed by atoms with Crippen molar-refractivity contribution in [2.45, 2.75) is 12.8 Å². The number of thiazole rings is 1. The minimum Gasteiger partial charge on any atom is -0.241 e. The van der Waals surface area contributed by atoms with Gasteiger partial charge in [0.1, 0.15) is 5.01 Å². The third kappa shape index (κ3) is 1.92. The van der Waals surface area contributed by atoms with Crippen molar-refractivity contribution in [3.8, 4) is 11.3 Å². The summed E-state index contributed by atoms with van der Waals surface area (Å²) in [6, 6.07) is 7.83. The van der Waals surface area contributed by atoms with Crippen LogP contribution in [0, 0.1) is 5.92 Å². The highest BCUT2D eigenvalue weighted by atomic mass is 35.5. The fourth-order valence-electron chi connectivity index (χ4n) is 1.47. The summed E-state index contributed by atoms with van der Waals surface area (Å²) < 4.78 is 0. The van der Waals surface area contributed by atoms with E-state index in [0.717, 1.165) is 16.3 Å². The van der Waals surface area contributed by atoms with Crippen molar-refractivity contribution < 1.29 is 0 Å². The predicted molar refractivity (Wildman–Crippen MR) is 64.1 cm³/mol. The maximum atomic E-state index is 5.84. The van der Waals surface area contributed by atoms with Crippen molar-refractivity contribution in [2.24, 2.45) is 0 Å². The van der Waals surface area contributed by atoms with Crippen LogP contribution in [0.4, 0.5) is 0 Å². The van der Waals surface area contributed by atoms with E-state index in [0.29, 0.717) is 0 Å². The van der Waals surface area contributed by atoms with Crippen LogP contribution < -0.4 is 0 Å². The fourth-order valence-corrected chi connectivity index (χ4v) is 2.53. The molecule has 3 rings (SSSR count). The van der Waals surface area contributed by atoms with Gasteiger partial charge in [-0.05, 0) is 25.0 Å². The monoisotopic (exact) mass is 234 g/mol. The number of nitrogens with zero attached hydrogens (tertiary/aromatic N) is 1. The Labute approximate surface area is 97.7 Å². The molecule has 0 spiro atoms. The third-order valence-electron chi connectivity index (χ3n) is 2.45. The van der Waals surface area contributed by atoms with Crippen molar-refractivity contribution in [1.29, 1.82) is 0 Å². The molecule has 0 N–H and O–H groups in total. The maximum absolute atomic E-state index is 5.84. The van der Waals surface area contributed by atoms with E-state index in [1.165, 1.54) is 23.8 Å². The molecule has 0 saturated heterocycles. The van der Waals surface area contributed by atoms with Crippen molar-refractivity contribution in [1.82, 2.24) is 4.98 Å². The molecule has 1 aliphatic carbocycles. The molecule has 15 heavy (non-hydrogen) atoms. The molecule has 1 aromatic carbocycles. The molecule has 0 amide bonds. The van der Waals surface area contributed by atoms with Gasteiger partial charge >= 0.3 is 0 Å². The molecular weight excluding hydrogens is 226 g/mol. The zero-order valence-electron chi connectivity index (χ0n) is 8.03. The summed E-state index contributed by atoms with van der Waals surface area (Å²) in [4.78, 5) is 4.61. The Balaban J connectivity index is 1.93. The first kappa shape index (κ1) is 9.37. The second kappa shape index (κ2) is 3.62. The lowest BCUT2D eigenvalue weighted by molar-refractivity contribution is 1.28. The number of halogens is 1. The first-order valence-corrected chi connectivity index (χ1v) is 6.15. The first-order chi connectivity index (χ1) is 7.33. The van der Waals surface area contributed by atoms with Crippen LogP contribution in [-0.4, -0.2) is 4.98 Å². The predicted octanol–water partition coefficient (Wildman–Crippen LogP) is 4.18. The Bertz CT molecular complexity index is 471. The van der Waals surface area contributed by atoms with E-state index in [-0.39, 0.29) is 0 Å². The summed E-state index contributed by atoms with van der Waals surface area (Å²) in [7, 11) is 0. The fraction of sp³-hybridized carbons (Fsp3) is 0.167. The van der Waals surface area contributed by atoms with Gasteiger partial charge in [0.15, 0.2) is 0 Å². The molecule has 1 aliphatic rings. The summed E-state index contributed by atoms with van der Waals surface area (Å²) in [5.74, 6) is 1.50. The van der Waals surface area contributed by atoms with E-state index >= 15 is 0 Å². The molecule has 1 nitrogen and oxygen atoms in total. The summed E-state index contributed by atoms with van der Waals surface area (Å²) in [5.41, 5.74) is 2.20. The Morgan fingerprint density at radius 3 is 2.53 bits per heavy atom. The van der Waals surface area contributed by atoms with E-state index in [1.807, 2.05) is 24.3 Å². The number of hydrogen-bond acceptors (Lipinski definition) is 2. The quantitative estimate of drug-likeness (QED) is 0.760. The lowest BCUT2D eigenvalue weighted by atomic mass is 10.2. The van der Waals surface area contributed by atoms with Gasteiger partial charge in [0.05, 0.1) is 5.69 Å². The van der Waals surface area contributed by atoms with Gasteiger partial charge in [0, 0.05) is 21.9 Å². The van der Waals surface area contributed by atoms with Gasteiger partial charge in [-0.3, -0.25) is 0 Å². The summed E-state index contributed by atoms with van der Waals surface area (Å²) in [5, 5.41) is 4.09. The molecule has 1 radical (unpaired) electrons. The molecule has 2 aromatic rings. The molecule has 1 heterocycles. The highest BCUT2D eigenvalue weighted by Gasteiger charge is 2.27. The average Bonchev–Trinajstić information content (AvgIpc) is 2.99. The van der Waals surface area contributed by atoms with Crippen LogP contribution in [0.15, 0.2) is 29.6 Å². The molecular formula is C12H9ClNS. The van der Waals surface area contributed by atoms with Crippen molar-refractivity contribution in [2.75, 3.05) is 0 Å². The number of aromatic nitrogens is 1. The topological polar surface area (TPSA) is 12.9 Å². The number of hydrogen-bond donors (Lipinski definition) is 0. The van der Waals surface area contributed by atoms with E-state index in [1.54, 1.807) is 11.3 Å². The van der Waals surface area contributed by atoms with E-state index in [4.69, 9.17) is 11.6 Å². The highest BCUT2D eigenvalue weighted by Crippen LogP contribution is 2.41. The first-order valence-electron chi connectivity index (χ1n) is 4.89. The second-order valence-electron chi connectivity index (χ2n) is 3.65. The zero-order chi connectivity index (χ0) is 10.3. The summed E-state index contributed by atoms with van der Waals surface area (Å²) >= 11 is 7.58. The largest absolute Gasteiger partial charge is 0.241 e. The minimum absolute atomic E-state index is 0.769. The lowest BCUT2D eigenvalue weighted by Gasteiger charge is -1.95. The van der Waals surface area contributed by atoms with Gasteiger partial charge in [-0.1, -0.05) is 23.7 Å². The number of benzene rings is 1. The van der Waals surface area contributed by atoms with Crippen molar-refractivity contribution in [3.63, 3.8) is 0 Å². The number of rotatable bonds is 2. The van der Waals surface area contributed by atoms with E-state index in [9.17, 15) is 0 Å². The smallest absolute Gasteiger partial charge is 0.100 e. The zero-order valence-corrected chi connectivity index (χ0v) is 9.61. The van der Waals surface area contributed by atoms with Crippen molar-refractivity contribution in [3.05, 3.63) is 45.6 Å². The van der Waals surface area contributed by atoms with Gasteiger partial charge in [-0.2, -0.15) is 0 Å². The van der Waals surface area contributed by atoms with Gasteiger partial charge in [0.25, 0.3) is 0 Å². The molecule has 0 aliphatic heterocycles. The Morgan fingerprint density at radius 1 is 1.13 bits per heavy atom. The Hall–Kier alpha value is -0.860. The SMILES string of the molecule is Clc1ccc(-c2csc([C]3CC3)n2)cc1. The summed E-state index contributed by atoms with van der Waals surface area (Å²) in [6.45, 7) is 0. The Kier molecular flexibility index (Phi) is 2.26. The van der Waals surface area contributed by atoms with E-state index in [2.05, 4.69) is 10.4 Å². The van der Waals surface area contributed by atoms with Crippen LogP contribution in [0.1, 0.15) is 17.8 Å². The molecule has 0 unspecified atom stereocenters. The van der Waals surface area contributed by atoms with Crippen LogP contribution in [-0.2, 0) is 0 Å². The molecule has 0 atom stereocenters. The standard InChI is InChI=1S/C12H9ClNS/c13-10-5-3-8(4-6-10)11-7-15-12(14-11)9-1-2-9/h3-7H,1-2H2. The van der Waals surface area contributed by atoms with Crippen LogP contribution in [0.2, 0.25) is 5.02 Å². The molecule has 1 saturated carbocycles. The molecule has 3 heteroatoms. The Morgan fingerprint density at radius 2 is 1.87 bits per heavy atom. The lowest BCUT2D eigenvalue weighted by Crippen LogP contribution is -1.80. The van der Waals surface area contributed by atoms with Crippen LogP contribution >= 0.6 is 22.9 Å². The van der Waals surface area contributed by atoms with Gasteiger partial charge in [0.2, 0.25) is 0 Å². The molecule has 0 bridgehead atoms. The average molecular weight is 235 g/mol. The van der Waals surface area contributed by atoms with E-state index < -0.39 is 0 Å². The normalized spacial score (nSPS) is 15.5. The molecule has 1 fully saturated rings.